The maximum Gasteiger partial charge on any atom is 0.191 e. The van der Waals surface area contributed by atoms with Crippen molar-refractivity contribution in [3.05, 3.63) is 29.3 Å². The predicted octanol–water partition coefficient (Wildman–Crippen LogP) is 0.927. The molecule has 0 saturated carbocycles. The lowest BCUT2D eigenvalue weighted by atomic mass is 10.1. The van der Waals surface area contributed by atoms with E-state index in [4.69, 9.17) is 4.74 Å². The number of nitrogens with one attached hydrogen (secondary N) is 2. The van der Waals surface area contributed by atoms with E-state index >= 15 is 0 Å². The first-order valence-corrected chi connectivity index (χ1v) is 11.4. The fraction of sp³-hybridized carbons (Fsp3) is 0.632. The minimum absolute atomic E-state index is 0.175. The molecule has 0 bridgehead atoms. The normalized spacial score (nSPS) is 23.9. The summed E-state index contributed by atoms with van der Waals surface area (Å²) >= 11 is 0. The number of benzene rings is 1. The number of hydrogen-bond acceptors (Lipinski definition) is 5. The summed E-state index contributed by atoms with van der Waals surface area (Å²) in [6.45, 7) is 6.09. The molecule has 8 heteroatoms. The van der Waals surface area contributed by atoms with E-state index in [-0.39, 0.29) is 6.10 Å². The van der Waals surface area contributed by atoms with Gasteiger partial charge in [-0.3, -0.25) is 9.89 Å². The number of aryl methyl sites for hydroxylation is 1. The molecule has 2 heterocycles. The smallest absolute Gasteiger partial charge is 0.191 e. The fourth-order valence-electron chi connectivity index (χ4n) is 3.86. The standard InChI is InChI=1S/C19H30N4O3S/c1-14-9-15(6-7-18(14)27(3,24)25)10-21-19(20-2)22-11-17-12-23-8-4-5-16(23)13-26-17/h6-7,9,16-17H,4-5,8,10-13H2,1-3H3,(H2,20,21,22). The Bertz CT molecular complexity index is 794. The molecule has 0 spiro atoms. The lowest BCUT2D eigenvalue weighted by Gasteiger charge is -2.35. The van der Waals surface area contributed by atoms with Crippen molar-refractivity contribution in [2.75, 3.05) is 39.5 Å². The Labute approximate surface area is 162 Å². The first-order chi connectivity index (χ1) is 12.9. The average molecular weight is 395 g/mol. The zero-order valence-corrected chi connectivity index (χ0v) is 17.2. The van der Waals surface area contributed by atoms with Crippen LogP contribution in [-0.4, -0.2) is 71.0 Å². The fourth-order valence-corrected chi connectivity index (χ4v) is 4.82. The van der Waals surface area contributed by atoms with Crippen LogP contribution in [0.2, 0.25) is 0 Å². The van der Waals surface area contributed by atoms with Gasteiger partial charge >= 0.3 is 0 Å². The van der Waals surface area contributed by atoms with Crippen LogP contribution in [0.3, 0.4) is 0 Å². The monoisotopic (exact) mass is 394 g/mol. The molecule has 7 nitrogen and oxygen atoms in total. The van der Waals surface area contributed by atoms with Crippen molar-refractivity contribution in [3.63, 3.8) is 0 Å². The molecule has 2 fully saturated rings. The van der Waals surface area contributed by atoms with Gasteiger partial charge in [0.25, 0.3) is 0 Å². The lowest BCUT2D eigenvalue weighted by Crippen LogP contribution is -2.51. The third kappa shape index (κ3) is 5.21. The number of fused-ring (bicyclic) bond motifs is 1. The molecule has 2 saturated heterocycles. The van der Waals surface area contributed by atoms with Gasteiger partial charge < -0.3 is 15.4 Å². The average Bonchev–Trinajstić information content (AvgIpc) is 3.08. The molecule has 1 aromatic carbocycles. The van der Waals surface area contributed by atoms with Crippen LogP contribution >= 0.6 is 0 Å². The van der Waals surface area contributed by atoms with Gasteiger partial charge in [-0.1, -0.05) is 12.1 Å². The van der Waals surface area contributed by atoms with Crippen molar-refractivity contribution >= 4 is 15.8 Å². The van der Waals surface area contributed by atoms with Gasteiger partial charge in [0.05, 0.1) is 17.6 Å². The Hall–Kier alpha value is -1.64. The molecule has 0 aromatic heterocycles. The van der Waals surface area contributed by atoms with E-state index in [0.29, 0.717) is 23.4 Å². The Balaban J connectivity index is 1.49. The molecule has 0 aliphatic carbocycles. The van der Waals surface area contributed by atoms with Crippen LogP contribution in [0.4, 0.5) is 0 Å². The van der Waals surface area contributed by atoms with Gasteiger partial charge in [0, 0.05) is 39.0 Å². The molecule has 2 atom stereocenters. The highest BCUT2D eigenvalue weighted by molar-refractivity contribution is 7.90. The zero-order valence-electron chi connectivity index (χ0n) is 16.4. The van der Waals surface area contributed by atoms with E-state index in [9.17, 15) is 8.42 Å². The quantitative estimate of drug-likeness (QED) is 0.571. The lowest BCUT2D eigenvalue weighted by molar-refractivity contribution is -0.0453. The van der Waals surface area contributed by atoms with Gasteiger partial charge in [-0.15, -0.1) is 0 Å². The highest BCUT2D eigenvalue weighted by atomic mass is 32.2. The molecule has 3 rings (SSSR count). The van der Waals surface area contributed by atoms with E-state index in [1.54, 1.807) is 13.1 Å². The van der Waals surface area contributed by atoms with Crippen molar-refractivity contribution in [1.82, 2.24) is 15.5 Å². The predicted molar refractivity (Wildman–Crippen MR) is 107 cm³/mol. The second-order valence-corrected chi connectivity index (χ2v) is 9.41. The highest BCUT2D eigenvalue weighted by Gasteiger charge is 2.32. The van der Waals surface area contributed by atoms with Gasteiger partial charge in [0.2, 0.25) is 0 Å². The van der Waals surface area contributed by atoms with Gasteiger partial charge in [0.1, 0.15) is 0 Å². The van der Waals surface area contributed by atoms with Crippen LogP contribution < -0.4 is 10.6 Å². The highest BCUT2D eigenvalue weighted by Crippen LogP contribution is 2.22. The molecule has 0 amide bonds. The van der Waals surface area contributed by atoms with Crippen molar-refractivity contribution < 1.29 is 13.2 Å². The van der Waals surface area contributed by atoms with Crippen LogP contribution in [0, 0.1) is 6.92 Å². The minimum Gasteiger partial charge on any atom is -0.373 e. The molecule has 2 unspecified atom stereocenters. The van der Waals surface area contributed by atoms with Gasteiger partial charge in [0.15, 0.2) is 15.8 Å². The van der Waals surface area contributed by atoms with Crippen LogP contribution in [0.15, 0.2) is 28.1 Å². The Morgan fingerprint density at radius 3 is 2.89 bits per heavy atom. The Morgan fingerprint density at radius 2 is 2.19 bits per heavy atom. The molecule has 0 radical (unpaired) electrons. The summed E-state index contributed by atoms with van der Waals surface area (Å²) in [7, 11) is -1.45. The summed E-state index contributed by atoms with van der Waals surface area (Å²) in [5, 5.41) is 6.61. The maximum absolute atomic E-state index is 11.7. The third-order valence-corrected chi connectivity index (χ3v) is 6.54. The van der Waals surface area contributed by atoms with E-state index in [1.165, 1.54) is 25.6 Å². The first kappa shape index (κ1) is 20.1. The van der Waals surface area contributed by atoms with Crippen LogP contribution in [0.25, 0.3) is 0 Å². The largest absolute Gasteiger partial charge is 0.373 e. The van der Waals surface area contributed by atoms with Crippen LogP contribution in [0.5, 0.6) is 0 Å². The summed E-state index contributed by atoms with van der Waals surface area (Å²) < 4.78 is 29.4. The Kier molecular flexibility index (Phi) is 6.39. The topological polar surface area (TPSA) is 83.0 Å². The number of nitrogens with zero attached hydrogens (tertiary/aromatic N) is 2. The third-order valence-electron chi connectivity index (χ3n) is 5.28. The molecule has 27 heavy (non-hydrogen) atoms. The molecule has 2 N–H and O–H groups in total. The number of aliphatic imine (C=N–C) groups is 1. The number of sulfone groups is 1. The number of ether oxygens (including phenoxy) is 1. The van der Waals surface area contributed by atoms with Crippen molar-refractivity contribution in [2.24, 2.45) is 4.99 Å². The Morgan fingerprint density at radius 1 is 1.37 bits per heavy atom. The van der Waals surface area contributed by atoms with Gasteiger partial charge in [-0.05, 0) is 43.5 Å². The van der Waals surface area contributed by atoms with Crippen LogP contribution in [0.1, 0.15) is 24.0 Å². The SMILES string of the molecule is CN=C(NCc1ccc(S(C)(=O)=O)c(C)c1)NCC1CN2CCCC2CO1. The maximum atomic E-state index is 11.7. The van der Waals surface area contributed by atoms with Crippen molar-refractivity contribution in [2.45, 2.75) is 43.4 Å². The van der Waals surface area contributed by atoms with Crippen molar-refractivity contribution in [3.8, 4) is 0 Å². The van der Waals surface area contributed by atoms with Gasteiger partial charge in [-0.2, -0.15) is 0 Å². The molecule has 2 aliphatic rings. The minimum atomic E-state index is -3.19. The van der Waals surface area contributed by atoms with E-state index in [0.717, 1.165) is 30.8 Å². The zero-order chi connectivity index (χ0) is 19.4. The summed E-state index contributed by atoms with van der Waals surface area (Å²) in [5.41, 5.74) is 1.77. The van der Waals surface area contributed by atoms with E-state index < -0.39 is 9.84 Å². The summed E-state index contributed by atoms with van der Waals surface area (Å²) in [6, 6.07) is 6.01. The molecule has 1 aromatic rings. The second-order valence-electron chi connectivity index (χ2n) is 7.43. The van der Waals surface area contributed by atoms with E-state index in [2.05, 4.69) is 20.5 Å². The molecule has 2 aliphatic heterocycles. The van der Waals surface area contributed by atoms with Crippen LogP contribution in [-0.2, 0) is 21.1 Å². The molecular weight excluding hydrogens is 364 g/mol. The summed E-state index contributed by atoms with van der Waals surface area (Å²) in [4.78, 5) is 7.17. The molecule has 150 valence electrons. The number of guanidine groups is 1. The first-order valence-electron chi connectivity index (χ1n) is 9.46. The summed E-state index contributed by atoms with van der Waals surface area (Å²) in [5.74, 6) is 0.715. The second kappa shape index (κ2) is 8.58. The van der Waals surface area contributed by atoms with Crippen molar-refractivity contribution in [1.29, 1.82) is 0 Å². The number of hydrogen-bond donors (Lipinski definition) is 2. The molecular formula is C19H30N4O3S. The number of rotatable bonds is 5. The van der Waals surface area contributed by atoms with E-state index in [1.807, 2.05) is 19.1 Å². The van der Waals surface area contributed by atoms with Gasteiger partial charge in [-0.25, -0.2) is 8.42 Å². The number of morpholine rings is 1. The summed E-state index contributed by atoms with van der Waals surface area (Å²) in [6.07, 6.45) is 3.93.